The van der Waals surface area contributed by atoms with Crippen molar-refractivity contribution in [3.8, 4) is 0 Å². The van der Waals surface area contributed by atoms with Gasteiger partial charge in [-0.1, -0.05) is 61.7 Å². The number of hydrogen-bond donors (Lipinski definition) is 1. The third-order valence-corrected chi connectivity index (χ3v) is 5.33. The molecule has 0 aliphatic heterocycles. The fraction of sp³-hybridized carbons (Fsp3) is 0.524. The van der Waals surface area contributed by atoms with E-state index >= 15 is 0 Å². The van der Waals surface area contributed by atoms with E-state index in [1.807, 2.05) is 0 Å². The summed E-state index contributed by atoms with van der Waals surface area (Å²) in [5, 5.41) is 13.7. The van der Waals surface area contributed by atoms with E-state index in [4.69, 9.17) is 0 Å². The van der Waals surface area contributed by atoms with Crippen molar-refractivity contribution in [2.24, 2.45) is 5.92 Å². The SMILES string of the molecule is CN(C)C[C@H](c1cccc2ccccc12)[C@H](O)C1CCCCC1. The normalized spacial score (nSPS) is 19.1. The van der Waals surface area contributed by atoms with Crippen molar-refractivity contribution in [1.82, 2.24) is 4.90 Å². The predicted molar refractivity (Wildman–Crippen MR) is 97.8 cm³/mol. The first-order valence-corrected chi connectivity index (χ1v) is 8.97. The average molecular weight is 311 g/mol. The van der Waals surface area contributed by atoms with Crippen LogP contribution in [-0.2, 0) is 0 Å². The van der Waals surface area contributed by atoms with E-state index in [9.17, 15) is 5.11 Å². The summed E-state index contributed by atoms with van der Waals surface area (Å²) in [6.45, 7) is 0.895. The molecule has 1 N–H and O–H groups in total. The van der Waals surface area contributed by atoms with E-state index in [1.165, 1.54) is 48.4 Å². The number of likely N-dealkylation sites (N-methyl/N-ethyl adjacent to an activating group) is 1. The molecule has 2 atom stereocenters. The lowest BCUT2D eigenvalue weighted by Crippen LogP contribution is -2.35. The van der Waals surface area contributed by atoms with E-state index in [0.29, 0.717) is 5.92 Å². The van der Waals surface area contributed by atoms with E-state index in [2.05, 4.69) is 61.5 Å². The second-order valence-corrected chi connectivity index (χ2v) is 7.33. The van der Waals surface area contributed by atoms with Crippen LogP contribution in [0.2, 0.25) is 0 Å². The lowest BCUT2D eigenvalue weighted by molar-refractivity contribution is 0.0524. The Morgan fingerprint density at radius 3 is 2.43 bits per heavy atom. The van der Waals surface area contributed by atoms with Crippen LogP contribution in [0.5, 0.6) is 0 Å². The van der Waals surface area contributed by atoms with Gasteiger partial charge in [0.05, 0.1) is 6.10 Å². The molecule has 1 aliphatic carbocycles. The highest BCUT2D eigenvalue weighted by atomic mass is 16.3. The molecule has 2 aromatic carbocycles. The first-order chi connectivity index (χ1) is 11.2. The number of aliphatic hydroxyl groups excluding tert-OH is 1. The molecule has 124 valence electrons. The number of benzene rings is 2. The summed E-state index contributed by atoms with van der Waals surface area (Å²) in [6, 6.07) is 15.1. The molecule has 0 radical (unpaired) electrons. The van der Waals surface area contributed by atoms with E-state index in [0.717, 1.165) is 6.54 Å². The number of fused-ring (bicyclic) bond motifs is 1. The van der Waals surface area contributed by atoms with Gasteiger partial charge in [0.1, 0.15) is 0 Å². The fourth-order valence-corrected chi connectivity index (χ4v) is 4.16. The quantitative estimate of drug-likeness (QED) is 0.883. The van der Waals surface area contributed by atoms with Crippen LogP contribution in [0, 0.1) is 5.92 Å². The minimum Gasteiger partial charge on any atom is -0.392 e. The molecule has 23 heavy (non-hydrogen) atoms. The van der Waals surface area contributed by atoms with Gasteiger partial charge in [-0.15, -0.1) is 0 Å². The molecule has 0 unspecified atom stereocenters. The van der Waals surface area contributed by atoms with Gasteiger partial charge in [-0.25, -0.2) is 0 Å². The monoisotopic (exact) mass is 311 g/mol. The zero-order valence-electron chi connectivity index (χ0n) is 14.4. The smallest absolute Gasteiger partial charge is 0.0649 e. The summed E-state index contributed by atoms with van der Waals surface area (Å²) in [4.78, 5) is 2.21. The fourth-order valence-electron chi connectivity index (χ4n) is 4.16. The molecule has 2 nitrogen and oxygen atoms in total. The maximum atomic E-state index is 11.2. The molecule has 0 heterocycles. The largest absolute Gasteiger partial charge is 0.392 e. The molecule has 3 rings (SSSR count). The van der Waals surface area contributed by atoms with E-state index < -0.39 is 0 Å². The van der Waals surface area contributed by atoms with Crippen molar-refractivity contribution < 1.29 is 5.11 Å². The predicted octanol–water partition coefficient (Wildman–Crippen LogP) is 4.43. The third kappa shape index (κ3) is 3.76. The summed E-state index contributed by atoms with van der Waals surface area (Å²) < 4.78 is 0. The number of rotatable bonds is 5. The Hall–Kier alpha value is -1.38. The van der Waals surface area contributed by atoms with E-state index in [1.54, 1.807) is 0 Å². The first-order valence-electron chi connectivity index (χ1n) is 8.97. The lowest BCUT2D eigenvalue weighted by Gasteiger charge is -2.34. The molecule has 0 saturated heterocycles. The maximum Gasteiger partial charge on any atom is 0.0649 e. The van der Waals surface area contributed by atoms with Crippen molar-refractivity contribution >= 4 is 10.8 Å². The molecule has 2 aromatic rings. The van der Waals surface area contributed by atoms with Crippen LogP contribution < -0.4 is 0 Å². The van der Waals surface area contributed by atoms with Gasteiger partial charge in [-0.05, 0) is 49.2 Å². The Kier molecular flexibility index (Phi) is 5.34. The minimum atomic E-state index is -0.247. The molecule has 1 aliphatic rings. The van der Waals surface area contributed by atoms with Gasteiger partial charge < -0.3 is 10.0 Å². The standard InChI is InChI=1S/C21H29NO/c1-22(2)15-20(21(23)17-10-4-3-5-11-17)19-14-8-12-16-9-6-7-13-18(16)19/h6-9,12-14,17,20-21,23H,3-5,10-11,15H2,1-2H3/t20-,21-/m1/s1. The Morgan fingerprint density at radius 1 is 1.00 bits per heavy atom. The average Bonchev–Trinajstić information content (AvgIpc) is 2.59. The Labute approximate surface area is 140 Å². The minimum absolute atomic E-state index is 0.180. The number of nitrogens with zero attached hydrogens (tertiary/aromatic N) is 1. The molecule has 0 amide bonds. The maximum absolute atomic E-state index is 11.2. The van der Waals surface area contributed by atoms with Crippen LogP contribution >= 0.6 is 0 Å². The molecular weight excluding hydrogens is 282 g/mol. The summed E-state index contributed by atoms with van der Waals surface area (Å²) in [5.74, 6) is 0.631. The van der Waals surface area contributed by atoms with Gasteiger partial charge in [0, 0.05) is 12.5 Å². The number of hydrogen-bond acceptors (Lipinski definition) is 2. The highest BCUT2D eigenvalue weighted by Crippen LogP contribution is 2.36. The van der Waals surface area contributed by atoms with Gasteiger partial charge >= 0.3 is 0 Å². The van der Waals surface area contributed by atoms with Gasteiger partial charge in [0.15, 0.2) is 0 Å². The van der Waals surface area contributed by atoms with Crippen molar-refractivity contribution in [1.29, 1.82) is 0 Å². The van der Waals surface area contributed by atoms with Crippen molar-refractivity contribution in [3.63, 3.8) is 0 Å². The summed E-state index contributed by atoms with van der Waals surface area (Å²) in [7, 11) is 4.21. The number of aliphatic hydroxyl groups is 1. The Morgan fingerprint density at radius 2 is 1.70 bits per heavy atom. The lowest BCUT2D eigenvalue weighted by atomic mass is 9.77. The third-order valence-electron chi connectivity index (χ3n) is 5.33. The van der Waals surface area contributed by atoms with Crippen LogP contribution in [0.1, 0.15) is 43.6 Å². The summed E-state index contributed by atoms with van der Waals surface area (Å²) in [6.07, 6.45) is 5.97. The van der Waals surface area contributed by atoms with Crippen LogP contribution in [0.4, 0.5) is 0 Å². The summed E-state index contributed by atoms with van der Waals surface area (Å²) >= 11 is 0. The van der Waals surface area contributed by atoms with Crippen molar-refractivity contribution in [3.05, 3.63) is 48.0 Å². The van der Waals surface area contributed by atoms with Gasteiger partial charge in [-0.3, -0.25) is 0 Å². The van der Waals surface area contributed by atoms with Gasteiger partial charge in [0.25, 0.3) is 0 Å². The second-order valence-electron chi connectivity index (χ2n) is 7.33. The van der Waals surface area contributed by atoms with Crippen molar-refractivity contribution in [2.45, 2.75) is 44.1 Å². The Bertz CT molecular complexity index is 625. The zero-order valence-corrected chi connectivity index (χ0v) is 14.4. The molecule has 0 spiro atoms. The second kappa shape index (κ2) is 7.46. The Balaban J connectivity index is 1.97. The van der Waals surface area contributed by atoms with Crippen molar-refractivity contribution in [2.75, 3.05) is 20.6 Å². The van der Waals surface area contributed by atoms with Crippen LogP contribution in [0.15, 0.2) is 42.5 Å². The van der Waals surface area contributed by atoms with Crippen LogP contribution in [0.3, 0.4) is 0 Å². The highest BCUT2D eigenvalue weighted by molar-refractivity contribution is 5.86. The highest BCUT2D eigenvalue weighted by Gasteiger charge is 2.31. The van der Waals surface area contributed by atoms with Gasteiger partial charge in [-0.2, -0.15) is 0 Å². The van der Waals surface area contributed by atoms with Gasteiger partial charge in [0.2, 0.25) is 0 Å². The first kappa shape index (κ1) is 16.5. The molecule has 0 bridgehead atoms. The molecule has 0 aromatic heterocycles. The zero-order chi connectivity index (χ0) is 16.2. The molecule has 1 fully saturated rings. The molecule has 2 heteroatoms. The topological polar surface area (TPSA) is 23.5 Å². The molecular formula is C21H29NO. The molecule has 1 saturated carbocycles. The van der Waals surface area contributed by atoms with E-state index in [-0.39, 0.29) is 12.0 Å². The van der Waals surface area contributed by atoms with Crippen LogP contribution in [-0.4, -0.2) is 36.8 Å². The summed E-state index contributed by atoms with van der Waals surface area (Å²) in [5.41, 5.74) is 1.30. The van der Waals surface area contributed by atoms with Crippen LogP contribution in [0.25, 0.3) is 10.8 Å².